The predicted octanol–water partition coefficient (Wildman–Crippen LogP) is 3.37. The molecule has 1 fully saturated rings. The Labute approximate surface area is 192 Å². The SMILES string of the molecule is Cc1c(C(=O)NCc2ccc(S(=O)(=O)N3CCCC3)s2)cnn1-c1ccc(C(F)(F)F)cn1. The van der Waals surface area contributed by atoms with Gasteiger partial charge in [-0.25, -0.2) is 18.1 Å². The molecule has 3 aromatic rings. The number of sulfonamides is 1. The highest BCUT2D eigenvalue weighted by atomic mass is 32.2. The number of carbonyl (C=O) groups excluding carboxylic acids is 1. The third kappa shape index (κ3) is 4.80. The molecule has 0 aliphatic carbocycles. The number of hydrogen-bond acceptors (Lipinski definition) is 6. The molecule has 4 rings (SSSR count). The summed E-state index contributed by atoms with van der Waals surface area (Å²) in [6.07, 6.45) is -0.779. The third-order valence-corrected chi connectivity index (χ3v) is 8.72. The van der Waals surface area contributed by atoms with Gasteiger partial charge in [-0.2, -0.15) is 22.6 Å². The largest absolute Gasteiger partial charge is 0.417 e. The Balaban J connectivity index is 1.43. The van der Waals surface area contributed by atoms with E-state index < -0.39 is 27.7 Å². The summed E-state index contributed by atoms with van der Waals surface area (Å²) in [5, 5.41) is 6.79. The third-order valence-electron chi connectivity index (χ3n) is 5.27. The molecular formula is C20H20F3N5O3S2. The molecule has 0 aromatic carbocycles. The fourth-order valence-electron chi connectivity index (χ4n) is 3.45. The van der Waals surface area contributed by atoms with E-state index in [0.29, 0.717) is 29.9 Å². The van der Waals surface area contributed by atoms with Crippen LogP contribution in [0.1, 0.15) is 39.3 Å². The Morgan fingerprint density at radius 1 is 1.15 bits per heavy atom. The zero-order valence-electron chi connectivity index (χ0n) is 17.5. The van der Waals surface area contributed by atoms with E-state index in [-0.39, 0.29) is 22.1 Å². The van der Waals surface area contributed by atoms with Crippen LogP contribution in [0.4, 0.5) is 13.2 Å². The van der Waals surface area contributed by atoms with Gasteiger partial charge in [-0.15, -0.1) is 11.3 Å². The lowest BCUT2D eigenvalue weighted by atomic mass is 10.2. The second-order valence-electron chi connectivity index (χ2n) is 7.47. The first-order valence-electron chi connectivity index (χ1n) is 10.0. The van der Waals surface area contributed by atoms with Crippen LogP contribution in [0.5, 0.6) is 0 Å². The minimum absolute atomic E-state index is 0.127. The van der Waals surface area contributed by atoms with Crippen LogP contribution >= 0.6 is 11.3 Å². The molecule has 3 aromatic heterocycles. The van der Waals surface area contributed by atoms with Crippen LogP contribution in [0.25, 0.3) is 5.82 Å². The maximum Gasteiger partial charge on any atom is 0.417 e. The highest BCUT2D eigenvalue weighted by Gasteiger charge is 2.31. The molecule has 0 spiro atoms. The molecule has 8 nitrogen and oxygen atoms in total. The highest BCUT2D eigenvalue weighted by molar-refractivity contribution is 7.91. The molecule has 1 amide bonds. The van der Waals surface area contributed by atoms with Gasteiger partial charge in [0.2, 0.25) is 0 Å². The molecule has 33 heavy (non-hydrogen) atoms. The van der Waals surface area contributed by atoms with Gasteiger partial charge in [-0.1, -0.05) is 0 Å². The summed E-state index contributed by atoms with van der Waals surface area (Å²) in [4.78, 5) is 17.1. The van der Waals surface area contributed by atoms with E-state index in [4.69, 9.17) is 0 Å². The number of alkyl halides is 3. The number of amides is 1. The summed E-state index contributed by atoms with van der Waals surface area (Å²) >= 11 is 1.11. The molecule has 13 heteroatoms. The fourth-order valence-corrected chi connectivity index (χ4v) is 6.42. The van der Waals surface area contributed by atoms with Gasteiger partial charge in [0.05, 0.1) is 29.6 Å². The Morgan fingerprint density at radius 3 is 2.52 bits per heavy atom. The second-order valence-corrected chi connectivity index (χ2v) is 10.8. The number of hydrogen-bond donors (Lipinski definition) is 1. The maximum atomic E-state index is 12.7. The van der Waals surface area contributed by atoms with Crippen molar-refractivity contribution in [1.82, 2.24) is 24.4 Å². The van der Waals surface area contributed by atoms with Gasteiger partial charge in [0, 0.05) is 24.2 Å². The van der Waals surface area contributed by atoms with E-state index in [0.717, 1.165) is 30.2 Å². The van der Waals surface area contributed by atoms with Crippen molar-refractivity contribution in [3.63, 3.8) is 0 Å². The molecule has 0 radical (unpaired) electrons. The number of carbonyl (C=O) groups is 1. The molecule has 1 aliphatic heterocycles. The molecule has 0 bridgehead atoms. The van der Waals surface area contributed by atoms with E-state index in [9.17, 15) is 26.4 Å². The van der Waals surface area contributed by atoms with Crippen LogP contribution < -0.4 is 5.32 Å². The first-order valence-corrected chi connectivity index (χ1v) is 12.3. The normalized spacial score (nSPS) is 15.2. The van der Waals surface area contributed by atoms with Crippen molar-refractivity contribution in [1.29, 1.82) is 0 Å². The minimum Gasteiger partial charge on any atom is -0.347 e. The maximum absolute atomic E-state index is 12.7. The van der Waals surface area contributed by atoms with Crippen molar-refractivity contribution in [3.05, 3.63) is 58.4 Å². The summed E-state index contributed by atoms with van der Waals surface area (Å²) in [6.45, 7) is 2.77. The molecule has 0 atom stereocenters. The van der Waals surface area contributed by atoms with Crippen LogP contribution in [0.3, 0.4) is 0 Å². The molecule has 4 heterocycles. The van der Waals surface area contributed by atoms with Crippen molar-refractivity contribution in [2.45, 2.75) is 36.7 Å². The van der Waals surface area contributed by atoms with E-state index in [2.05, 4.69) is 15.4 Å². The Kier molecular flexibility index (Phi) is 6.29. The summed E-state index contributed by atoms with van der Waals surface area (Å²) in [5.74, 6) is -0.294. The van der Waals surface area contributed by atoms with Gasteiger partial charge in [-0.3, -0.25) is 4.79 Å². The number of pyridine rings is 1. The zero-order chi connectivity index (χ0) is 23.8. The first kappa shape index (κ1) is 23.4. The highest BCUT2D eigenvalue weighted by Crippen LogP contribution is 2.29. The van der Waals surface area contributed by atoms with Crippen LogP contribution in [0, 0.1) is 6.92 Å². The molecule has 1 saturated heterocycles. The summed E-state index contributed by atoms with van der Waals surface area (Å²) in [5.41, 5.74) is -0.238. The van der Waals surface area contributed by atoms with E-state index in [1.54, 1.807) is 19.1 Å². The lowest BCUT2D eigenvalue weighted by Crippen LogP contribution is -2.27. The molecular weight excluding hydrogens is 479 g/mol. The van der Waals surface area contributed by atoms with Gasteiger partial charge in [0.25, 0.3) is 15.9 Å². The van der Waals surface area contributed by atoms with Crippen LogP contribution in [-0.4, -0.2) is 46.5 Å². The quantitative estimate of drug-likeness (QED) is 0.561. The molecule has 1 aliphatic rings. The molecule has 0 unspecified atom stereocenters. The average molecular weight is 500 g/mol. The number of nitrogens with zero attached hydrogens (tertiary/aromatic N) is 4. The van der Waals surface area contributed by atoms with E-state index in [1.807, 2.05) is 0 Å². The van der Waals surface area contributed by atoms with Gasteiger partial charge < -0.3 is 5.32 Å². The van der Waals surface area contributed by atoms with E-state index >= 15 is 0 Å². The molecule has 0 saturated carbocycles. The Hall–Kier alpha value is -2.77. The fraction of sp³-hybridized carbons (Fsp3) is 0.350. The summed E-state index contributed by atoms with van der Waals surface area (Å²) in [6, 6.07) is 5.28. The Morgan fingerprint density at radius 2 is 1.88 bits per heavy atom. The van der Waals surface area contributed by atoms with Crippen LogP contribution in [-0.2, 0) is 22.7 Å². The average Bonchev–Trinajstić information content (AvgIpc) is 3.52. The van der Waals surface area contributed by atoms with Crippen molar-refractivity contribution >= 4 is 27.3 Å². The monoisotopic (exact) mass is 499 g/mol. The van der Waals surface area contributed by atoms with Gasteiger partial charge in [0.1, 0.15) is 4.21 Å². The lowest BCUT2D eigenvalue weighted by Gasteiger charge is -2.13. The van der Waals surface area contributed by atoms with Crippen molar-refractivity contribution in [2.24, 2.45) is 0 Å². The number of nitrogens with one attached hydrogen (secondary N) is 1. The number of rotatable bonds is 6. The predicted molar refractivity (Wildman–Crippen MR) is 115 cm³/mol. The molecule has 176 valence electrons. The number of halogens is 3. The summed E-state index contributed by atoms with van der Waals surface area (Å²) in [7, 11) is -3.51. The minimum atomic E-state index is -4.49. The smallest absolute Gasteiger partial charge is 0.347 e. The van der Waals surface area contributed by atoms with E-state index in [1.165, 1.54) is 21.3 Å². The Bertz CT molecular complexity index is 1260. The van der Waals surface area contributed by atoms with Gasteiger partial charge >= 0.3 is 6.18 Å². The van der Waals surface area contributed by atoms with Crippen molar-refractivity contribution < 1.29 is 26.4 Å². The second kappa shape index (κ2) is 8.88. The van der Waals surface area contributed by atoms with Gasteiger partial charge in [-0.05, 0) is 44.0 Å². The van der Waals surface area contributed by atoms with Gasteiger partial charge in [0.15, 0.2) is 5.82 Å². The standard InChI is InChI=1S/C20H20F3N5O3S2/c1-13-16(12-26-28(13)17-6-4-14(10-24-17)20(21,22)23)19(29)25-11-15-5-7-18(32-15)33(30,31)27-8-2-3-9-27/h4-7,10,12H,2-3,8-9,11H2,1H3,(H,25,29). The number of thiophene rings is 1. The number of aromatic nitrogens is 3. The topological polar surface area (TPSA) is 97.2 Å². The zero-order valence-corrected chi connectivity index (χ0v) is 19.1. The van der Waals surface area contributed by atoms with Crippen molar-refractivity contribution in [3.8, 4) is 5.82 Å². The van der Waals surface area contributed by atoms with Crippen LogP contribution in [0.2, 0.25) is 0 Å². The summed E-state index contributed by atoms with van der Waals surface area (Å²) < 4.78 is 66.5. The lowest BCUT2D eigenvalue weighted by molar-refractivity contribution is -0.137. The van der Waals surface area contributed by atoms with Crippen molar-refractivity contribution in [2.75, 3.05) is 13.1 Å². The van der Waals surface area contributed by atoms with Crippen LogP contribution in [0.15, 0.2) is 40.9 Å². The first-order chi connectivity index (χ1) is 15.6. The molecule has 1 N–H and O–H groups in total.